The predicted octanol–water partition coefficient (Wildman–Crippen LogP) is 4.63. The molecule has 72 heavy (non-hydrogen) atoms. The molecule has 1 saturated heterocycles. The van der Waals surface area contributed by atoms with Crippen LogP contribution < -0.4 is 26.0 Å². The number of hydrogen-bond donors (Lipinski definition) is 8. The molecule has 374 valence electrons. The maximum absolute atomic E-state index is 14.0. The molecule has 0 saturated carbocycles. The van der Waals surface area contributed by atoms with Crippen LogP contribution in [0.1, 0.15) is 113 Å². The first-order valence-electron chi connectivity index (χ1n) is 23.1. The molecule has 9 rings (SSSR count). The number of methoxy groups -OCH3 is 1. The number of phenols is 2. The van der Waals surface area contributed by atoms with Gasteiger partial charge in [-0.25, -0.2) is 0 Å². The standard InChI is InChI=1S/C52H53N7O13/c1-25-44(61)33(19-39(71-25)72-38-21-52(69,26(2)60)20-32-41(38)48(65)43-42(46(32)63)45(62)31-9-7-11-37(70-6)40(31)47(43)64)53-22-27-12-14-28(15-13-27)54-50(67)35-18-30(24-58(35)4)56-51(68)36-17-29(23-59(36)5)55-49(66)34-10-8-16-57(34)3/h7-18,23-25,33,38-39,44,53,61,63,65,69H,19-22H2,1-6H3,(H,54,67)(H,55,66)(H,56,68)/t25?,33?,38-,39?,44?,52+/m0/s1. The minimum atomic E-state index is -2.09. The molecule has 2 aliphatic carbocycles. The zero-order valence-corrected chi connectivity index (χ0v) is 40.1. The van der Waals surface area contributed by atoms with Crippen LogP contribution in [0.2, 0.25) is 0 Å². The lowest BCUT2D eigenvalue weighted by atomic mass is 9.72. The molecule has 4 heterocycles. The summed E-state index contributed by atoms with van der Waals surface area (Å²) in [4.78, 5) is 80.3. The number of aryl methyl sites for hydroxylation is 3. The Morgan fingerprint density at radius 2 is 1.39 bits per heavy atom. The SMILES string of the molecule is COc1cccc2c1C(=O)c1c(O)c3c(c(O)c1C2=O)C[C@](O)(C(C)=O)C[C@@H]3OC1CC(NCc2ccc(NC(=O)c3cc(NC(=O)c4cc(NC(=O)c5cccn5C)cn4C)cn3C)cc2)C(O)C(C)O1. The molecule has 3 aromatic heterocycles. The van der Waals surface area contributed by atoms with Gasteiger partial charge in [-0.2, -0.15) is 0 Å². The molecule has 4 unspecified atom stereocenters. The number of ether oxygens (including phenoxy) is 3. The number of phenolic OH excluding ortho intramolecular Hbond substituents is 2. The Morgan fingerprint density at radius 3 is 1.99 bits per heavy atom. The van der Waals surface area contributed by atoms with Crippen LogP contribution in [0.25, 0.3) is 0 Å². The van der Waals surface area contributed by atoms with Crippen molar-refractivity contribution in [2.24, 2.45) is 21.1 Å². The quantitative estimate of drug-likeness (QED) is 0.0732. The highest BCUT2D eigenvalue weighted by molar-refractivity contribution is 6.31. The summed E-state index contributed by atoms with van der Waals surface area (Å²) in [7, 11) is 6.44. The second kappa shape index (κ2) is 19.0. The van der Waals surface area contributed by atoms with Gasteiger partial charge in [0.2, 0.25) is 5.78 Å². The smallest absolute Gasteiger partial charge is 0.272 e. The van der Waals surface area contributed by atoms with Crippen molar-refractivity contribution in [1.82, 2.24) is 19.0 Å². The van der Waals surface area contributed by atoms with Crippen LogP contribution in [0.3, 0.4) is 0 Å². The van der Waals surface area contributed by atoms with Crippen molar-refractivity contribution in [3.63, 3.8) is 0 Å². The van der Waals surface area contributed by atoms with E-state index in [-0.39, 0.29) is 58.3 Å². The van der Waals surface area contributed by atoms with E-state index in [1.54, 1.807) is 109 Å². The number of hydrogen-bond acceptors (Lipinski definition) is 14. The first-order chi connectivity index (χ1) is 34.3. The monoisotopic (exact) mass is 983 g/mol. The number of carbonyl (C=O) groups is 6. The average Bonchev–Trinajstić information content (AvgIpc) is 4.06. The highest BCUT2D eigenvalue weighted by atomic mass is 16.7. The Hall–Kier alpha value is -7.88. The molecular formula is C52H53N7O13. The fourth-order valence-electron chi connectivity index (χ4n) is 9.78. The summed E-state index contributed by atoms with van der Waals surface area (Å²) >= 11 is 0. The largest absolute Gasteiger partial charge is 0.507 e. The maximum Gasteiger partial charge on any atom is 0.272 e. The molecule has 20 nitrogen and oxygen atoms in total. The van der Waals surface area contributed by atoms with Crippen molar-refractivity contribution in [2.75, 3.05) is 23.1 Å². The number of aromatic hydroxyl groups is 2. The Bertz CT molecular complexity index is 3210. The number of aromatic nitrogens is 3. The summed E-state index contributed by atoms with van der Waals surface area (Å²) in [5, 5.41) is 58.3. The summed E-state index contributed by atoms with van der Waals surface area (Å²) < 4.78 is 22.7. The molecule has 0 bridgehead atoms. The van der Waals surface area contributed by atoms with E-state index < -0.39 is 101 Å². The van der Waals surface area contributed by atoms with Crippen LogP contribution in [-0.2, 0) is 48.4 Å². The summed E-state index contributed by atoms with van der Waals surface area (Å²) in [6, 6.07) is 17.3. The Labute approximate surface area is 412 Å². The number of aliphatic hydroxyl groups excluding tert-OH is 1. The van der Waals surface area contributed by atoms with Crippen molar-refractivity contribution < 1.29 is 63.4 Å². The Balaban J connectivity index is 0.845. The minimum Gasteiger partial charge on any atom is -0.507 e. The first kappa shape index (κ1) is 49.1. The molecule has 0 spiro atoms. The molecule has 1 fully saturated rings. The molecular weight excluding hydrogens is 931 g/mol. The molecule has 1 aliphatic heterocycles. The van der Waals surface area contributed by atoms with Gasteiger partial charge in [-0.05, 0) is 61.9 Å². The van der Waals surface area contributed by atoms with Crippen LogP contribution in [0.15, 0.2) is 85.3 Å². The van der Waals surface area contributed by atoms with Crippen molar-refractivity contribution in [2.45, 2.75) is 75.9 Å². The van der Waals surface area contributed by atoms with Crippen LogP contribution >= 0.6 is 0 Å². The van der Waals surface area contributed by atoms with Gasteiger partial charge in [0.25, 0.3) is 17.7 Å². The van der Waals surface area contributed by atoms with Gasteiger partial charge in [-0.3, -0.25) is 28.8 Å². The number of aliphatic hydroxyl groups is 2. The van der Waals surface area contributed by atoms with Gasteiger partial charge in [0.05, 0.1) is 53.5 Å². The highest BCUT2D eigenvalue weighted by Gasteiger charge is 2.49. The molecule has 3 aromatic carbocycles. The summed E-state index contributed by atoms with van der Waals surface area (Å²) in [6.07, 6.45) is -0.0794. The zero-order chi connectivity index (χ0) is 51.5. The molecule has 3 amide bonds. The van der Waals surface area contributed by atoms with E-state index in [0.29, 0.717) is 22.8 Å². The molecule has 20 heteroatoms. The van der Waals surface area contributed by atoms with Gasteiger partial charge in [0, 0.05) is 94.0 Å². The minimum absolute atomic E-state index is 0.0435. The molecule has 8 N–H and O–H groups in total. The number of amides is 3. The second-order valence-electron chi connectivity index (χ2n) is 18.5. The van der Waals surface area contributed by atoms with E-state index in [1.165, 1.54) is 32.2 Å². The van der Waals surface area contributed by atoms with Gasteiger partial charge in [-0.1, -0.05) is 24.3 Å². The summed E-state index contributed by atoms with van der Waals surface area (Å²) in [6.45, 7) is 3.07. The van der Waals surface area contributed by atoms with E-state index in [9.17, 15) is 49.2 Å². The molecule has 6 aromatic rings. The van der Waals surface area contributed by atoms with Gasteiger partial charge in [0.1, 0.15) is 39.9 Å². The number of ketones is 3. The number of nitrogens with one attached hydrogen (secondary N) is 4. The number of fused-ring (bicyclic) bond motifs is 3. The van der Waals surface area contributed by atoms with Gasteiger partial charge < -0.3 is 69.6 Å². The van der Waals surface area contributed by atoms with Crippen LogP contribution in [0, 0.1) is 0 Å². The molecule has 0 radical (unpaired) electrons. The van der Waals surface area contributed by atoms with Crippen molar-refractivity contribution >= 4 is 52.1 Å². The number of anilines is 3. The maximum atomic E-state index is 14.0. The van der Waals surface area contributed by atoms with Crippen molar-refractivity contribution in [3.8, 4) is 17.2 Å². The third-order valence-electron chi connectivity index (χ3n) is 13.7. The van der Waals surface area contributed by atoms with E-state index in [4.69, 9.17) is 14.2 Å². The van der Waals surface area contributed by atoms with Crippen LogP contribution in [-0.4, -0.2) is 106 Å². The Kier molecular flexibility index (Phi) is 13.0. The lowest BCUT2D eigenvalue weighted by Crippen LogP contribution is -2.54. The highest BCUT2D eigenvalue weighted by Crippen LogP contribution is 2.52. The van der Waals surface area contributed by atoms with E-state index in [0.717, 1.165) is 5.56 Å². The number of rotatable bonds is 13. The Morgan fingerprint density at radius 1 is 0.778 bits per heavy atom. The van der Waals surface area contributed by atoms with E-state index in [2.05, 4.69) is 21.3 Å². The normalized spacial score (nSPS) is 21.3. The lowest BCUT2D eigenvalue weighted by Gasteiger charge is -2.43. The van der Waals surface area contributed by atoms with Gasteiger partial charge >= 0.3 is 0 Å². The third-order valence-corrected chi connectivity index (χ3v) is 13.7. The van der Waals surface area contributed by atoms with Gasteiger partial charge in [-0.15, -0.1) is 0 Å². The average molecular weight is 984 g/mol. The third kappa shape index (κ3) is 8.94. The molecule has 6 atom stereocenters. The number of Topliss-reactive ketones (excluding diaryl/α,β-unsaturated/α-hetero) is 1. The van der Waals surface area contributed by atoms with Gasteiger partial charge in [0.15, 0.2) is 17.9 Å². The van der Waals surface area contributed by atoms with Crippen molar-refractivity contribution in [1.29, 1.82) is 0 Å². The van der Waals surface area contributed by atoms with E-state index in [1.807, 2.05) is 0 Å². The van der Waals surface area contributed by atoms with E-state index >= 15 is 0 Å². The topological polar surface area (TPSA) is 274 Å². The predicted molar refractivity (Wildman–Crippen MR) is 260 cm³/mol. The van der Waals surface area contributed by atoms with Crippen molar-refractivity contribution in [3.05, 3.63) is 141 Å². The summed E-state index contributed by atoms with van der Waals surface area (Å²) in [5.41, 5.74) is -0.278. The summed E-state index contributed by atoms with van der Waals surface area (Å²) in [5.74, 6) is -4.62. The molecule has 3 aliphatic rings. The number of benzene rings is 3. The second-order valence-corrected chi connectivity index (χ2v) is 18.5. The van der Waals surface area contributed by atoms with Crippen LogP contribution in [0.4, 0.5) is 17.1 Å². The fourth-order valence-corrected chi connectivity index (χ4v) is 9.78. The van der Waals surface area contributed by atoms with Crippen LogP contribution in [0.5, 0.6) is 17.2 Å². The number of carbonyl (C=O) groups excluding carboxylic acids is 6. The first-order valence-corrected chi connectivity index (χ1v) is 23.1. The zero-order valence-electron chi connectivity index (χ0n) is 40.1. The fraction of sp³-hybridized carbons (Fsp3) is 0.308. The lowest BCUT2D eigenvalue weighted by molar-refractivity contribution is -0.249. The number of nitrogens with zero attached hydrogens (tertiary/aromatic N) is 3.